The van der Waals surface area contributed by atoms with Crippen LogP contribution >= 0.6 is 11.8 Å². The number of methoxy groups -OCH3 is 2. The number of benzene rings is 2. The van der Waals surface area contributed by atoms with E-state index in [1.165, 1.54) is 7.11 Å². The molecule has 0 atom stereocenters. The predicted molar refractivity (Wildman–Crippen MR) is 94.8 cm³/mol. The number of ether oxygens (including phenoxy) is 3. The first-order valence-corrected chi connectivity index (χ1v) is 8.45. The van der Waals surface area contributed by atoms with Gasteiger partial charge in [-0.3, -0.25) is 4.79 Å². The van der Waals surface area contributed by atoms with E-state index in [1.54, 1.807) is 25.3 Å². The number of carbonyl (C=O) groups excluding carboxylic acids is 1. The zero-order valence-electron chi connectivity index (χ0n) is 14.2. The van der Waals surface area contributed by atoms with Crippen molar-refractivity contribution >= 4 is 16.9 Å². The summed E-state index contributed by atoms with van der Waals surface area (Å²) in [5.74, 6) is 1.99. The molecule has 0 aliphatic carbocycles. The van der Waals surface area contributed by atoms with Crippen molar-refractivity contribution in [1.29, 1.82) is 0 Å². The topological polar surface area (TPSA) is 83.7 Å². The maximum Gasteiger partial charge on any atom is 0.284 e. The highest BCUT2D eigenvalue weighted by atomic mass is 32.2. The van der Waals surface area contributed by atoms with E-state index in [0.29, 0.717) is 22.8 Å². The number of aromatic nitrogens is 2. The Hall–Kier alpha value is -3.00. The van der Waals surface area contributed by atoms with Gasteiger partial charge in [0.1, 0.15) is 17.2 Å². The van der Waals surface area contributed by atoms with Gasteiger partial charge in [-0.15, -0.1) is 10.2 Å². The second-order valence-electron chi connectivity index (χ2n) is 5.02. The van der Waals surface area contributed by atoms with E-state index in [4.69, 9.17) is 18.6 Å². The minimum absolute atomic E-state index is 0.123. The van der Waals surface area contributed by atoms with E-state index in [1.807, 2.05) is 30.3 Å². The lowest BCUT2D eigenvalue weighted by Crippen LogP contribution is -1.99. The molecule has 0 unspecified atom stereocenters. The number of hydrogen-bond donors (Lipinski definition) is 0. The second-order valence-corrected chi connectivity index (χ2v) is 5.94. The number of para-hydroxylation sites is 1. The summed E-state index contributed by atoms with van der Waals surface area (Å²) in [6, 6.07) is 14.2. The third kappa shape index (κ3) is 4.34. The Bertz CT molecular complexity index is 882. The van der Waals surface area contributed by atoms with Gasteiger partial charge in [0.25, 0.3) is 11.1 Å². The van der Waals surface area contributed by atoms with E-state index in [-0.39, 0.29) is 22.8 Å². The average molecular weight is 372 g/mol. The van der Waals surface area contributed by atoms with Crippen molar-refractivity contribution in [1.82, 2.24) is 10.2 Å². The van der Waals surface area contributed by atoms with Crippen LogP contribution in [0.3, 0.4) is 0 Å². The van der Waals surface area contributed by atoms with Gasteiger partial charge < -0.3 is 18.6 Å². The van der Waals surface area contributed by atoms with Crippen molar-refractivity contribution in [3.05, 3.63) is 60.0 Å². The van der Waals surface area contributed by atoms with Gasteiger partial charge in [0.15, 0.2) is 6.61 Å². The summed E-state index contributed by atoms with van der Waals surface area (Å²) < 4.78 is 21.3. The van der Waals surface area contributed by atoms with Crippen LogP contribution in [0, 0.1) is 0 Å². The summed E-state index contributed by atoms with van der Waals surface area (Å²) in [7, 11) is 3.03. The SMILES string of the molecule is COc1ccc(C(=O)Sc2nnc(COc3ccccc3)o2)c(OC)c1. The molecule has 0 aliphatic rings. The van der Waals surface area contributed by atoms with Crippen molar-refractivity contribution in [3.63, 3.8) is 0 Å². The fourth-order valence-electron chi connectivity index (χ4n) is 2.10. The van der Waals surface area contributed by atoms with Crippen LogP contribution < -0.4 is 14.2 Å². The largest absolute Gasteiger partial charge is 0.497 e. The van der Waals surface area contributed by atoms with Gasteiger partial charge in [0.2, 0.25) is 5.12 Å². The molecule has 7 nitrogen and oxygen atoms in total. The lowest BCUT2D eigenvalue weighted by atomic mass is 10.2. The first kappa shape index (κ1) is 17.8. The van der Waals surface area contributed by atoms with Crippen LogP contribution in [-0.4, -0.2) is 29.5 Å². The Labute approximate surface area is 154 Å². The number of thioether (sulfide) groups is 1. The first-order chi connectivity index (χ1) is 12.7. The smallest absolute Gasteiger partial charge is 0.284 e. The molecule has 8 heteroatoms. The van der Waals surface area contributed by atoms with Crippen LogP contribution in [0.5, 0.6) is 17.2 Å². The predicted octanol–water partition coefficient (Wildman–Crippen LogP) is 3.60. The number of nitrogens with zero attached hydrogens (tertiary/aromatic N) is 2. The van der Waals surface area contributed by atoms with Crippen molar-refractivity contribution in [2.75, 3.05) is 14.2 Å². The third-order valence-corrected chi connectivity index (χ3v) is 4.11. The molecule has 0 aliphatic heterocycles. The summed E-state index contributed by atoms with van der Waals surface area (Å²) in [5, 5.41) is 7.61. The highest BCUT2D eigenvalue weighted by molar-refractivity contribution is 8.14. The Morgan fingerprint density at radius 3 is 2.58 bits per heavy atom. The fraction of sp³-hybridized carbons (Fsp3) is 0.167. The van der Waals surface area contributed by atoms with Crippen LogP contribution in [0.4, 0.5) is 0 Å². The highest BCUT2D eigenvalue weighted by Crippen LogP contribution is 2.30. The van der Waals surface area contributed by atoms with E-state index < -0.39 is 0 Å². The number of hydrogen-bond acceptors (Lipinski definition) is 8. The molecule has 1 heterocycles. The van der Waals surface area contributed by atoms with Crippen LogP contribution in [0.1, 0.15) is 16.2 Å². The van der Waals surface area contributed by atoms with Crippen LogP contribution in [0.25, 0.3) is 0 Å². The normalized spacial score (nSPS) is 10.4. The van der Waals surface area contributed by atoms with E-state index in [9.17, 15) is 4.79 Å². The van der Waals surface area contributed by atoms with Crippen LogP contribution in [-0.2, 0) is 6.61 Å². The molecule has 1 aromatic heterocycles. The maximum atomic E-state index is 12.5. The van der Waals surface area contributed by atoms with Gasteiger partial charge in [-0.1, -0.05) is 18.2 Å². The fourth-order valence-corrected chi connectivity index (χ4v) is 2.76. The van der Waals surface area contributed by atoms with Crippen molar-refractivity contribution in [2.45, 2.75) is 11.8 Å². The second kappa shape index (κ2) is 8.39. The molecule has 0 radical (unpaired) electrons. The monoisotopic (exact) mass is 372 g/mol. The molecular weight excluding hydrogens is 356 g/mol. The van der Waals surface area contributed by atoms with Gasteiger partial charge in [-0.25, -0.2) is 0 Å². The molecule has 2 aromatic carbocycles. The molecule has 0 fully saturated rings. The molecule has 3 aromatic rings. The van der Waals surface area contributed by atoms with Crippen LogP contribution in [0.2, 0.25) is 0 Å². The van der Waals surface area contributed by atoms with Crippen molar-refractivity contribution in [2.24, 2.45) is 0 Å². The lowest BCUT2D eigenvalue weighted by molar-refractivity contribution is 0.108. The van der Waals surface area contributed by atoms with E-state index >= 15 is 0 Å². The Balaban J connectivity index is 1.64. The lowest BCUT2D eigenvalue weighted by Gasteiger charge is -2.08. The van der Waals surface area contributed by atoms with Gasteiger partial charge in [-0.05, 0) is 24.3 Å². The molecule has 0 bridgehead atoms. The molecule has 0 saturated heterocycles. The maximum absolute atomic E-state index is 12.5. The standard InChI is InChI=1S/C18H16N2O5S/c1-22-13-8-9-14(15(10-13)23-2)17(21)26-18-20-19-16(25-18)11-24-12-6-4-3-5-7-12/h3-10H,11H2,1-2H3. The minimum Gasteiger partial charge on any atom is -0.497 e. The zero-order valence-corrected chi connectivity index (χ0v) is 15.0. The Morgan fingerprint density at radius 2 is 1.85 bits per heavy atom. The summed E-state index contributed by atoms with van der Waals surface area (Å²) in [5.41, 5.74) is 0.388. The zero-order chi connectivity index (χ0) is 18.4. The minimum atomic E-state index is -0.274. The Morgan fingerprint density at radius 1 is 1.04 bits per heavy atom. The molecular formula is C18H16N2O5S. The number of rotatable bonds is 7. The van der Waals surface area contributed by atoms with E-state index in [0.717, 1.165) is 11.8 Å². The summed E-state index contributed by atoms with van der Waals surface area (Å²) in [4.78, 5) is 12.5. The first-order valence-electron chi connectivity index (χ1n) is 7.64. The molecule has 26 heavy (non-hydrogen) atoms. The summed E-state index contributed by atoms with van der Waals surface area (Å²) in [6.07, 6.45) is 0. The molecule has 0 N–H and O–H groups in total. The van der Waals surface area contributed by atoms with Gasteiger partial charge in [0, 0.05) is 17.8 Å². The molecule has 3 rings (SSSR count). The molecule has 134 valence electrons. The van der Waals surface area contributed by atoms with Gasteiger partial charge in [-0.2, -0.15) is 0 Å². The van der Waals surface area contributed by atoms with Crippen LogP contribution in [0.15, 0.2) is 58.2 Å². The summed E-state index contributed by atoms with van der Waals surface area (Å²) in [6.45, 7) is 0.123. The summed E-state index contributed by atoms with van der Waals surface area (Å²) >= 11 is 0.827. The number of carbonyl (C=O) groups is 1. The highest BCUT2D eigenvalue weighted by Gasteiger charge is 2.18. The molecule has 0 amide bonds. The van der Waals surface area contributed by atoms with Gasteiger partial charge in [0.05, 0.1) is 19.8 Å². The molecule has 0 saturated carbocycles. The van der Waals surface area contributed by atoms with Gasteiger partial charge >= 0.3 is 0 Å². The average Bonchev–Trinajstić information content (AvgIpc) is 3.13. The van der Waals surface area contributed by atoms with Crippen molar-refractivity contribution in [3.8, 4) is 17.2 Å². The third-order valence-electron chi connectivity index (χ3n) is 3.36. The Kier molecular flexibility index (Phi) is 5.75. The molecule has 0 spiro atoms. The van der Waals surface area contributed by atoms with E-state index in [2.05, 4.69) is 10.2 Å². The van der Waals surface area contributed by atoms with Crippen molar-refractivity contribution < 1.29 is 23.4 Å². The quantitative estimate of drug-likeness (QED) is 0.582.